The molecule has 1 atom stereocenters. The van der Waals surface area contributed by atoms with Crippen molar-refractivity contribution in [2.75, 3.05) is 32.7 Å². The Kier molecular flexibility index (Phi) is 9.40. The van der Waals surface area contributed by atoms with Crippen LogP contribution in [0.2, 0.25) is 0 Å². The average molecular weight is 551 g/mol. The topological polar surface area (TPSA) is 48.7 Å². The number of likely N-dealkylation sites (tertiary alicyclic amines) is 2. The first-order chi connectivity index (χ1) is 15.1. The first-order valence-corrected chi connectivity index (χ1v) is 11.9. The highest BCUT2D eigenvalue weighted by atomic mass is 127. The van der Waals surface area contributed by atoms with Crippen molar-refractivity contribution in [3.05, 3.63) is 53.3 Å². The molecule has 0 saturated carbocycles. The largest absolute Gasteiger partial charge is 0.357 e. The van der Waals surface area contributed by atoms with E-state index in [1.807, 2.05) is 17.9 Å². The van der Waals surface area contributed by atoms with Gasteiger partial charge in [-0.05, 0) is 61.9 Å². The van der Waals surface area contributed by atoms with Crippen LogP contribution in [0.3, 0.4) is 0 Å². The van der Waals surface area contributed by atoms with Crippen LogP contribution in [0.5, 0.6) is 0 Å². The molecule has 0 spiro atoms. The van der Waals surface area contributed by atoms with Crippen LogP contribution in [-0.4, -0.2) is 58.3 Å². The van der Waals surface area contributed by atoms with Crippen molar-refractivity contribution in [2.24, 2.45) is 18.0 Å². The van der Waals surface area contributed by atoms with Crippen LogP contribution in [0, 0.1) is 5.92 Å². The number of piperidine rings is 1. The molecule has 2 fully saturated rings. The molecule has 1 aromatic carbocycles. The van der Waals surface area contributed by atoms with Crippen LogP contribution in [0.15, 0.2) is 41.7 Å². The monoisotopic (exact) mass is 550 g/mol. The van der Waals surface area contributed by atoms with E-state index in [9.17, 15) is 0 Å². The van der Waals surface area contributed by atoms with Crippen LogP contribution in [0.1, 0.15) is 55.7 Å². The summed E-state index contributed by atoms with van der Waals surface area (Å²) >= 11 is 0. The van der Waals surface area contributed by atoms with Gasteiger partial charge in [0.05, 0.1) is 12.7 Å². The van der Waals surface area contributed by atoms with Crippen molar-refractivity contribution in [3.8, 4) is 0 Å². The van der Waals surface area contributed by atoms with Gasteiger partial charge >= 0.3 is 0 Å². The number of nitrogens with zero attached hydrogens (tertiary/aromatic N) is 5. The predicted octanol–water partition coefficient (Wildman–Crippen LogP) is 4.23. The minimum Gasteiger partial charge on any atom is -0.357 e. The molecule has 0 aliphatic carbocycles. The highest BCUT2D eigenvalue weighted by molar-refractivity contribution is 14.0. The maximum absolute atomic E-state index is 4.99. The third-order valence-corrected chi connectivity index (χ3v) is 6.70. The van der Waals surface area contributed by atoms with Gasteiger partial charge in [0.2, 0.25) is 0 Å². The van der Waals surface area contributed by atoms with Crippen molar-refractivity contribution in [2.45, 2.75) is 52.1 Å². The quantitative estimate of drug-likeness (QED) is 0.333. The van der Waals surface area contributed by atoms with Gasteiger partial charge in [-0.2, -0.15) is 5.10 Å². The molecule has 0 radical (unpaired) electrons. The van der Waals surface area contributed by atoms with Gasteiger partial charge in [0.1, 0.15) is 0 Å². The molecule has 2 aliphatic heterocycles. The normalized spacial score (nSPS) is 20.4. The zero-order valence-electron chi connectivity index (χ0n) is 19.8. The van der Waals surface area contributed by atoms with Crippen LogP contribution in [0.25, 0.3) is 0 Å². The fourth-order valence-electron chi connectivity index (χ4n) is 4.77. The van der Waals surface area contributed by atoms with E-state index in [4.69, 9.17) is 4.99 Å². The van der Waals surface area contributed by atoms with Crippen molar-refractivity contribution < 1.29 is 0 Å². The van der Waals surface area contributed by atoms with E-state index in [1.165, 1.54) is 42.6 Å². The van der Waals surface area contributed by atoms with E-state index in [1.54, 1.807) is 0 Å². The summed E-state index contributed by atoms with van der Waals surface area (Å²) in [6, 6.07) is 8.99. The highest BCUT2D eigenvalue weighted by Gasteiger charge is 2.26. The molecule has 176 valence electrons. The smallest absolute Gasteiger partial charge is 0.194 e. The van der Waals surface area contributed by atoms with Gasteiger partial charge < -0.3 is 10.2 Å². The van der Waals surface area contributed by atoms with Gasteiger partial charge in [0, 0.05) is 45.3 Å². The summed E-state index contributed by atoms with van der Waals surface area (Å²) in [6.07, 6.45) is 7.96. The maximum atomic E-state index is 4.99. The van der Waals surface area contributed by atoms with E-state index >= 15 is 0 Å². The molecular weight excluding hydrogens is 511 g/mol. The van der Waals surface area contributed by atoms with Crippen LogP contribution >= 0.6 is 24.0 Å². The molecule has 6 nitrogen and oxygen atoms in total. The lowest BCUT2D eigenvalue weighted by molar-refractivity contribution is 0.185. The van der Waals surface area contributed by atoms with Crippen molar-refractivity contribution in [1.82, 2.24) is 24.9 Å². The minimum atomic E-state index is 0. The SMILES string of the molecule is CCNC(=NCc1cccc(CN2CCC(C)CC2)c1)N1CCC(c2cnn(C)c2)C1.I. The summed E-state index contributed by atoms with van der Waals surface area (Å²) in [4.78, 5) is 9.99. The summed E-state index contributed by atoms with van der Waals surface area (Å²) in [5.41, 5.74) is 4.03. The number of aromatic nitrogens is 2. The highest BCUT2D eigenvalue weighted by Crippen LogP contribution is 2.27. The molecule has 1 unspecified atom stereocenters. The summed E-state index contributed by atoms with van der Waals surface area (Å²) in [5.74, 6) is 2.45. The molecule has 2 aliphatic rings. The average Bonchev–Trinajstić information content (AvgIpc) is 3.42. The fraction of sp³-hybridized carbons (Fsp3) is 0.600. The lowest BCUT2D eigenvalue weighted by Crippen LogP contribution is -2.40. The maximum Gasteiger partial charge on any atom is 0.194 e. The second-order valence-electron chi connectivity index (χ2n) is 9.33. The molecule has 1 aromatic heterocycles. The van der Waals surface area contributed by atoms with Crippen molar-refractivity contribution in [3.63, 3.8) is 0 Å². The second-order valence-corrected chi connectivity index (χ2v) is 9.33. The number of guanidine groups is 1. The van der Waals surface area contributed by atoms with Gasteiger partial charge in [-0.1, -0.05) is 31.2 Å². The Labute approximate surface area is 210 Å². The number of aryl methyl sites for hydroxylation is 1. The first-order valence-electron chi connectivity index (χ1n) is 11.9. The van der Waals surface area contributed by atoms with E-state index in [-0.39, 0.29) is 24.0 Å². The first kappa shape index (κ1) is 25.0. The number of halogens is 1. The third-order valence-electron chi connectivity index (χ3n) is 6.70. The van der Waals surface area contributed by atoms with Crippen LogP contribution in [0.4, 0.5) is 0 Å². The van der Waals surface area contributed by atoms with Crippen LogP contribution < -0.4 is 5.32 Å². The predicted molar refractivity (Wildman–Crippen MR) is 142 cm³/mol. The van der Waals surface area contributed by atoms with Gasteiger partial charge in [-0.15, -0.1) is 24.0 Å². The number of rotatable bonds is 6. The molecule has 0 amide bonds. The van der Waals surface area contributed by atoms with E-state index in [2.05, 4.69) is 64.5 Å². The molecule has 1 N–H and O–H groups in total. The second kappa shape index (κ2) is 12.0. The number of benzene rings is 1. The summed E-state index contributed by atoms with van der Waals surface area (Å²) in [5, 5.41) is 7.85. The molecule has 0 bridgehead atoms. The standard InChI is InChI=1S/C25H38N6.HI/c1-4-26-25(31-13-10-23(19-31)24-16-28-29(3)18-24)27-15-21-6-5-7-22(14-21)17-30-11-8-20(2)9-12-30;/h5-7,14,16,18,20,23H,4,8-13,15,17,19H2,1-3H3,(H,26,27);1H. The molecule has 7 heteroatoms. The zero-order valence-corrected chi connectivity index (χ0v) is 22.2. The molecule has 2 aromatic rings. The number of nitrogens with one attached hydrogen (secondary N) is 1. The Morgan fingerprint density at radius 2 is 1.94 bits per heavy atom. The Hall–Kier alpha value is -1.61. The Morgan fingerprint density at radius 1 is 1.16 bits per heavy atom. The summed E-state index contributed by atoms with van der Waals surface area (Å²) in [7, 11) is 1.99. The number of aliphatic imine (C=N–C) groups is 1. The van der Waals surface area contributed by atoms with Crippen molar-refractivity contribution >= 4 is 29.9 Å². The van der Waals surface area contributed by atoms with Gasteiger partial charge in [-0.25, -0.2) is 4.99 Å². The van der Waals surface area contributed by atoms with Crippen LogP contribution in [-0.2, 0) is 20.1 Å². The minimum absolute atomic E-state index is 0. The van der Waals surface area contributed by atoms with Gasteiger partial charge in [0.15, 0.2) is 5.96 Å². The molecule has 32 heavy (non-hydrogen) atoms. The van der Waals surface area contributed by atoms with Gasteiger partial charge in [-0.3, -0.25) is 9.58 Å². The summed E-state index contributed by atoms with van der Waals surface area (Å²) in [6.45, 7) is 11.7. The zero-order chi connectivity index (χ0) is 21.6. The molecule has 4 rings (SSSR count). The van der Waals surface area contributed by atoms with E-state index in [0.717, 1.165) is 51.0 Å². The van der Waals surface area contributed by atoms with Crippen molar-refractivity contribution in [1.29, 1.82) is 0 Å². The van der Waals surface area contributed by atoms with E-state index < -0.39 is 0 Å². The molecule has 3 heterocycles. The Morgan fingerprint density at radius 3 is 2.66 bits per heavy atom. The fourth-order valence-corrected chi connectivity index (χ4v) is 4.77. The van der Waals surface area contributed by atoms with E-state index in [0.29, 0.717) is 5.92 Å². The van der Waals surface area contributed by atoms with Gasteiger partial charge in [0.25, 0.3) is 0 Å². The number of hydrogen-bond acceptors (Lipinski definition) is 3. The lowest BCUT2D eigenvalue weighted by Gasteiger charge is -2.30. The molecule has 2 saturated heterocycles. The number of hydrogen-bond donors (Lipinski definition) is 1. The Balaban J connectivity index is 0.00000289. The Bertz CT molecular complexity index is 871. The lowest BCUT2D eigenvalue weighted by atomic mass is 9.98. The third kappa shape index (κ3) is 6.70. The molecular formula is C25H39IN6. The summed E-state index contributed by atoms with van der Waals surface area (Å²) < 4.78 is 1.90.